The van der Waals surface area contributed by atoms with E-state index in [-0.39, 0.29) is 0 Å². The van der Waals surface area contributed by atoms with Crippen LogP contribution in [0.4, 0.5) is 0 Å². The second kappa shape index (κ2) is 19.5. The lowest BCUT2D eigenvalue weighted by Crippen LogP contribution is -2.08. The maximum atomic E-state index is 12.5. The largest absolute Gasteiger partial charge is 0.494 e. The van der Waals surface area contributed by atoms with E-state index in [0.717, 1.165) is 50.5 Å². The Kier molecular flexibility index (Phi) is 15.1. The molecule has 0 saturated heterocycles. The van der Waals surface area contributed by atoms with Gasteiger partial charge < -0.3 is 14.2 Å². The van der Waals surface area contributed by atoms with E-state index in [0.29, 0.717) is 23.5 Å². The second-order valence-corrected chi connectivity index (χ2v) is 14.7. The summed E-state index contributed by atoms with van der Waals surface area (Å²) in [5, 5.41) is 8.90. The Morgan fingerprint density at radius 2 is 1.22 bits per heavy atom. The van der Waals surface area contributed by atoms with Crippen molar-refractivity contribution in [2.45, 2.75) is 70.8 Å². The smallest absolute Gasteiger partial charge is 0.343 e. The van der Waals surface area contributed by atoms with E-state index >= 15 is 0 Å². The van der Waals surface area contributed by atoms with Crippen LogP contribution in [0.3, 0.4) is 0 Å². The third kappa shape index (κ3) is 12.4. The highest BCUT2D eigenvalue weighted by molar-refractivity contribution is 9.12. The van der Waals surface area contributed by atoms with Crippen LogP contribution in [0.1, 0.15) is 85.7 Å². The van der Waals surface area contributed by atoms with Crippen molar-refractivity contribution in [3.8, 4) is 28.7 Å². The van der Waals surface area contributed by atoms with E-state index in [1.54, 1.807) is 47.7 Å². The van der Waals surface area contributed by atoms with Crippen molar-refractivity contribution in [1.82, 2.24) is 0 Å². The van der Waals surface area contributed by atoms with Crippen LogP contribution in [-0.4, -0.2) is 19.2 Å². The van der Waals surface area contributed by atoms with Crippen LogP contribution in [0.15, 0.2) is 86.4 Å². The van der Waals surface area contributed by atoms with Gasteiger partial charge in [0.15, 0.2) is 0 Å². The molecule has 3 aromatic carbocycles. The number of benzene rings is 3. The monoisotopic (exact) mass is 751 g/mol. The zero-order valence-electron chi connectivity index (χ0n) is 25.4. The highest BCUT2D eigenvalue weighted by Crippen LogP contribution is 2.32. The van der Waals surface area contributed by atoms with Crippen molar-refractivity contribution >= 4 is 49.2 Å². The van der Waals surface area contributed by atoms with E-state index in [2.05, 4.69) is 37.9 Å². The normalized spacial score (nSPS) is 10.9. The number of thiophene rings is 1. The molecule has 0 aliphatic carbocycles. The van der Waals surface area contributed by atoms with Crippen LogP contribution in [-0.2, 0) is 11.3 Å². The number of hydrogen-bond acceptors (Lipinski definition) is 6. The molecule has 4 aromatic rings. The van der Waals surface area contributed by atoms with Crippen LogP contribution in [0.25, 0.3) is 11.1 Å². The summed E-state index contributed by atoms with van der Waals surface area (Å²) in [7, 11) is 0. The summed E-state index contributed by atoms with van der Waals surface area (Å²) < 4.78 is 19.5. The predicted molar refractivity (Wildman–Crippen MR) is 189 cm³/mol. The zero-order valence-corrected chi connectivity index (χ0v) is 29.4. The van der Waals surface area contributed by atoms with Crippen LogP contribution in [0.2, 0.25) is 0 Å². The average Bonchev–Trinajstić information content (AvgIpc) is 3.39. The number of esters is 1. The molecule has 0 aliphatic rings. The average molecular weight is 754 g/mol. The third-order valence-corrected chi connectivity index (χ3v) is 9.90. The number of nitrogens with zero attached hydrogens (tertiary/aromatic N) is 1. The molecule has 45 heavy (non-hydrogen) atoms. The van der Waals surface area contributed by atoms with E-state index in [1.807, 2.05) is 42.5 Å². The number of unbranched alkanes of at least 4 members (excludes halogenated alkanes) is 9. The Morgan fingerprint density at radius 1 is 0.689 bits per heavy atom. The minimum absolute atomic E-state index is 0.408. The minimum atomic E-state index is -0.434. The highest BCUT2D eigenvalue weighted by Gasteiger charge is 2.10. The maximum Gasteiger partial charge on any atom is 0.343 e. The fourth-order valence-corrected chi connectivity index (χ4v) is 7.66. The quantitative estimate of drug-likeness (QED) is 0.0542. The van der Waals surface area contributed by atoms with Crippen molar-refractivity contribution in [2.24, 2.45) is 0 Å². The Bertz CT molecular complexity index is 1500. The van der Waals surface area contributed by atoms with Gasteiger partial charge >= 0.3 is 5.97 Å². The van der Waals surface area contributed by atoms with Gasteiger partial charge in [-0.1, -0.05) is 75.6 Å². The van der Waals surface area contributed by atoms with Gasteiger partial charge in [0.2, 0.25) is 0 Å². The molecule has 0 N–H and O–H groups in total. The van der Waals surface area contributed by atoms with Gasteiger partial charge in [-0.2, -0.15) is 5.26 Å². The summed E-state index contributed by atoms with van der Waals surface area (Å²) >= 11 is 8.78. The Balaban J connectivity index is 0.998. The van der Waals surface area contributed by atoms with E-state index in [1.165, 1.54) is 56.9 Å². The van der Waals surface area contributed by atoms with Crippen molar-refractivity contribution in [3.63, 3.8) is 0 Å². The SMILES string of the molecule is N#Cc1ccc(OC(=O)c2ccc(-c3ccc(OCCCCCCCCCCCCOCc4cc(Br)sc4Br)cc3)cc2)cc1. The molecule has 0 spiro atoms. The summed E-state index contributed by atoms with van der Waals surface area (Å²) in [5.41, 5.74) is 4.27. The van der Waals surface area contributed by atoms with Gasteiger partial charge in [-0.15, -0.1) is 11.3 Å². The van der Waals surface area contributed by atoms with Crippen LogP contribution < -0.4 is 9.47 Å². The molecule has 4 rings (SSSR count). The standard InChI is InChI=1S/C37H39Br2NO4S/c38-35-25-32(36(39)45-35)27-42-23-9-7-5-3-1-2-4-6-8-10-24-43-33-21-17-30(18-22-33)29-13-15-31(16-14-29)37(41)44-34-19-11-28(26-40)12-20-34/h11-22,25H,1-10,23-24,27H2. The summed E-state index contributed by atoms with van der Waals surface area (Å²) in [6, 6.07) is 26.0. The van der Waals surface area contributed by atoms with Gasteiger partial charge in [-0.05, 0) is 110 Å². The number of nitriles is 1. The van der Waals surface area contributed by atoms with Gasteiger partial charge in [0.1, 0.15) is 11.5 Å². The van der Waals surface area contributed by atoms with Gasteiger partial charge in [0, 0.05) is 12.2 Å². The van der Waals surface area contributed by atoms with Crippen LogP contribution in [0.5, 0.6) is 11.5 Å². The summed E-state index contributed by atoms with van der Waals surface area (Å²) in [6.07, 6.45) is 12.5. The van der Waals surface area contributed by atoms with E-state index in [9.17, 15) is 4.79 Å². The van der Waals surface area contributed by atoms with Crippen LogP contribution in [0, 0.1) is 11.3 Å². The molecule has 0 saturated carbocycles. The van der Waals surface area contributed by atoms with Crippen LogP contribution >= 0.6 is 43.2 Å². The van der Waals surface area contributed by atoms with Gasteiger partial charge in [0.05, 0.1) is 38.0 Å². The molecular weight excluding hydrogens is 714 g/mol. The first kappa shape index (κ1) is 34.9. The maximum absolute atomic E-state index is 12.5. The fraction of sp³-hybridized carbons (Fsp3) is 0.351. The number of halogens is 2. The van der Waals surface area contributed by atoms with Crippen molar-refractivity contribution in [2.75, 3.05) is 13.2 Å². The molecule has 0 unspecified atom stereocenters. The Morgan fingerprint density at radius 3 is 1.78 bits per heavy atom. The van der Waals surface area contributed by atoms with Gasteiger partial charge in [0.25, 0.3) is 0 Å². The zero-order chi connectivity index (χ0) is 31.7. The van der Waals surface area contributed by atoms with Gasteiger partial charge in [-0.3, -0.25) is 0 Å². The Hall–Kier alpha value is -2.96. The Labute approximate surface area is 287 Å². The second-order valence-electron chi connectivity index (χ2n) is 10.9. The number of hydrogen-bond donors (Lipinski definition) is 0. The molecule has 236 valence electrons. The molecule has 0 bridgehead atoms. The van der Waals surface area contributed by atoms with Crippen molar-refractivity contribution in [1.29, 1.82) is 5.26 Å². The fourth-order valence-electron chi connectivity index (χ4n) is 4.87. The topological polar surface area (TPSA) is 68.5 Å². The van der Waals surface area contributed by atoms with Gasteiger partial charge in [-0.25, -0.2) is 4.79 Å². The minimum Gasteiger partial charge on any atom is -0.494 e. The number of carbonyl (C=O) groups is 1. The predicted octanol–water partition coefficient (Wildman–Crippen LogP) is 11.5. The molecule has 0 fully saturated rings. The first-order valence-electron chi connectivity index (χ1n) is 15.6. The lowest BCUT2D eigenvalue weighted by molar-refractivity contribution is 0.0734. The third-order valence-electron chi connectivity index (χ3n) is 7.44. The summed E-state index contributed by atoms with van der Waals surface area (Å²) in [5.74, 6) is 0.848. The number of ether oxygens (including phenoxy) is 3. The molecule has 1 aromatic heterocycles. The van der Waals surface area contributed by atoms with Crippen molar-refractivity contribution in [3.05, 3.63) is 103 Å². The molecule has 0 amide bonds. The number of carbonyl (C=O) groups excluding carboxylic acids is 1. The lowest BCUT2D eigenvalue weighted by Gasteiger charge is -2.08. The molecular formula is C37H39Br2NO4S. The first-order valence-corrected chi connectivity index (χ1v) is 18.0. The lowest BCUT2D eigenvalue weighted by atomic mass is 10.0. The molecule has 0 atom stereocenters. The molecule has 8 heteroatoms. The van der Waals surface area contributed by atoms with E-state index < -0.39 is 5.97 Å². The first-order chi connectivity index (χ1) is 22.0. The molecule has 0 radical (unpaired) electrons. The molecule has 0 aliphatic heterocycles. The molecule has 5 nitrogen and oxygen atoms in total. The summed E-state index contributed by atoms with van der Waals surface area (Å²) in [6.45, 7) is 2.25. The summed E-state index contributed by atoms with van der Waals surface area (Å²) in [4.78, 5) is 12.5. The molecule has 1 heterocycles. The van der Waals surface area contributed by atoms with Crippen molar-refractivity contribution < 1.29 is 19.0 Å². The highest BCUT2D eigenvalue weighted by atomic mass is 79.9. The number of rotatable bonds is 19. The van der Waals surface area contributed by atoms with E-state index in [4.69, 9.17) is 19.5 Å².